The van der Waals surface area contributed by atoms with E-state index in [0.29, 0.717) is 39.1 Å². The Balaban J connectivity index is 1.55. The second-order valence-electron chi connectivity index (χ2n) is 9.86. The molecule has 0 spiro atoms. The number of nitrogens with zero attached hydrogens (tertiary/aromatic N) is 3. The van der Waals surface area contributed by atoms with Gasteiger partial charge in [0.1, 0.15) is 11.8 Å². The van der Waals surface area contributed by atoms with E-state index in [4.69, 9.17) is 16.3 Å². The number of carboxylic acids is 1. The normalized spacial score (nSPS) is 13.4. The molecule has 2 heterocycles. The number of carboxylic acid groups (broad SMARTS) is 1. The predicted molar refractivity (Wildman–Crippen MR) is 153 cm³/mol. The molecule has 2 N–H and O–H groups in total. The number of carbonyl (C=O) groups is 3. The first-order valence-electron chi connectivity index (χ1n) is 12.9. The van der Waals surface area contributed by atoms with Crippen molar-refractivity contribution in [1.29, 1.82) is 0 Å². The lowest BCUT2D eigenvalue weighted by molar-refractivity contribution is -0.119. The average molecular weight is 575 g/mol. The summed E-state index contributed by atoms with van der Waals surface area (Å²) in [5, 5.41) is 17.0. The van der Waals surface area contributed by atoms with Crippen LogP contribution in [0.15, 0.2) is 71.8 Å². The Labute approximate surface area is 240 Å². The van der Waals surface area contributed by atoms with Gasteiger partial charge in [-0.2, -0.15) is 5.10 Å². The van der Waals surface area contributed by atoms with Crippen molar-refractivity contribution in [3.8, 4) is 16.9 Å². The van der Waals surface area contributed by atoms with Gasteiger partial charge in [-0.05, 0) is 73.9 Å². The van der Waals surface area contributed by atoms with Crippen LogP contribution in [0, 0.1) is 0 Å². The van der Waals surface area contributed by atoms with E-state index < -0.39 is 23.5 Å². The van der Waals surface area contributed by atoms with Gasteiger partial charge in [-0.3, -0.25) is 23.6 Å². The highest BCUT2D eigenvalue weighted by Gasteiger charge is 2.28. The molecule has 1 fully saturated rings. The summed E-state index contributed by atoms with van der Waals surface area (Å²) in [5.74, 6) is -1.53. The molecule has 2 aromatic heterocycles. The van der Waals surface area contributed by atoms with Crippen molar-refractivity contribution in [1.82, 2.24) is 14.3 Å². The van der Waals surface area contributed by atoms with Gasteiger partial charge in [-0.1, -0.05) is 11.6 Å². The van der Waals surface area contributed by atoms with Crippen molar-refractivity contribution in [3.63, 3.8) is 0 Å². The molecule has 0 radical (unpaired) electrons. The molecule has 41 heavy (non-hydrogen) atoms. The summed E-state index contributed by atoms with van der Waals surface area (Å²) < 4.78 is 8.77. The molecule has 10 nitrogen and oxygen atoms in total. The number of anilines is 1. The van der Waals surface area contributed by atoms with E-state index in [9.17, 15) is 24.3 Å². The smallest absolute Gasteiger partial charge is 0.335 e. The molecule has 1 amide bonds. The van der Waals surface area contributed by atoms with Crippen LogP contribution in [0.2, 0.25) is 5.02 Å². The van der Waals surface area contributed by atoms with Crippen LogP contribution in [0.5, 0.6) is 5.75 Å². The maximum atomic E-state index is 13.7. The number of amides is 1. The van der Waals surface area contributed by atoms with E-state index in [-0.39, 0.29) is 23.5 Å². The number of carbonyl (C=O) groups excluding carboxylic acids is 2. The molecule has 11 heteroatoms. The van der Waals surface area contributed by atoms with Gasteiger partial charge >= 0.3 is 5.97 Å². The molecule has 210 valence electrons. The molecule has 5 rings (SSSR count). The van der Waals surface area contributed by atoms with Crippen molar-refractivity contribution in [2.45, 2.75) is 38.3 Å². The van der Waals surface area contributed by atoms with Gasteiger partial charge in [-0.25, -0.2) is 4.79 Å². The van der Waals surface area contributed by atoms with Gasteiger partial charge in [0, 0.05) is 40.5 Å². The number of nitrogens with one attached hydrogen (secondary N) is 1. The van der Waals surface area contributed by atoms with Crippen molar-refractivity contribution in [3.05, 3.63) is 99.2 Å². The minimum absolute atomic E-state index is 0.0765. The first kappa shape index (κ1) is 27.9. The van der Waals surface area contributed by atoms with Crippen LogP contribution in [-0.2, 0) is 11.2 Å². The average Bonchev–Trinajstić information content (AvgIpc) is 3.69. The number of halogens is 1. The van der Waals surface area contributed by atoms with Gasteiger partial charge < -0.3 is 15.2 Å². The largest absolute Gasteiger partial charge is 0.495 e. The number of benzene rings is 2. The molecule has 0 bridgehead atoms. The van der Waals surface area contributed by atoms with Crippen LogP contribution in [0.25, 0.3) is 11.1 Å². The fourth-order valence-electron chi connectivity index (χ4n) is 4.66. The standard InChI is InChI=1S/C30H27ClN4O6/c1-17(36)23-10-5-19(31)13-24(23)25-15-28(37)34(16-27(25)41-2)26(14-21-11-12-35(33-21)22-8-9-22)29(38)32-20-6-3-18(4-7-20)30(39)40/h3-7,10-13,15-16,22,26H,8-9,14H2,1-2H3,(H,32,38)(H,39,40). The summed E-state index contributed by atoms with van der Waals surface area (Å²) in [6.07, 6.45) is 5.50. The highest BCUT2D eigenvalue weighted by atomic mass is 35.5. The van der Waals surface area contributed by atoms with Gasteiger partial charge in [0.2, 0.25) is 5.91 Å². The molecule has 0 aliphatic heterocycles. The fourth-order valence-corrected chi connectivity index (χ4v) is 4.83. The van der Waals surface area contributed by atoms with Gasteiger partial charge in [0.25, 0.3) is 5.56 Å². The lowest BCUT2D eigenvalue weighted by Gasteiger charge is -2.21. The number of aromatic carboxylic acids is 1. The molecule has 1 aliphatic carbocycles. The lowest BCUT2D eigenvalue weighted by Crippen LogP contribution is -2.34. The van der Waals surface area contributed by atoms with E-state index in [1.807, 2.05) is 16.9 Å². The van der Waals surface area contributed by atoms with E-state index in [1.165, 1.54) is 55.1 Å². The van der Waals surface area contributed by atoms with Gasteiger partial charge in [-0.15, -0.1) is 0 Å². The monoisotopic (exact) mass is 574 g/mol. The summed E-state index contributed by atoms with van der Waals surface area (Å²) in [4.78, 5) is 50.8. The maximum Gasteiger partial charge on any atom is 0.335 e. The van der Waals surface area contributed by atoms with E-state index in [0.717, 1.165) is 12.8 Å². The number of pyridine rings is 1. The van der Waals surface area contributed by atoms with Crippen LogP contribution in [0.1, 0.15) is 58.3 Å². The molecule has 1 saturated carbocycles. The number of Topliss-reactive ketones (excluding diaryl/α,β-unsaturated/α-hetero) is 1. The fraction of sp³-hybridized carbons (Fsp3) is 0.233. The summed E-state index contributed by atoms with van der Waals surface area (Å²) >= 11 is 6.22. The number of hydrogen-bond acceptors (Lipinski definition) is 6. The number of methoxy groups -OCH3 is 1. The van der Waals surface area contributed by atoms with Crippen LogP contribution in [0.3, 0.4) is 0 Å². The van der Waals surface area contributed by atoms with Gasteiger partial charge in [0.15, 0.2) is 5.78 Å². The second kappa shape index (κ2) is 11.4. The molecule has 0 saturated heterocycles. The Morgan fingerprint density at radius 1 is 1.10 bits per heavy atom. The van der Waals surface area contributed by atoms with Crippen molar-refractivity contribution < 1.29 is 24.2 Å². The zero-order valence-electron chi connectivity index (χ0n) is 22.3. The van der Waals surface area contributed by atoms with E-state index in [2.05, 4.69) is 10.4 Å². The molecular weight excluding hydrogens is 548 g/mol. The number of aromatic nitrogens is 3. The topological polar surface area (TPSA) is 133 Å². The van der Waals surface area contributed by atoms with Crippen molar-refractivity contribution in [2.24, 2.45) is 0 Å². The first-order valence-corrected chi connectivity index (χ1v) is 13.3. The molecule has 1 unspecified atom stereocenters. The highest BCUT2D eigenvalue weighted by molar-refractivity contribution is 6.31. The number of ketones is 1. The summed E-state index contributed by atoms with van der Waals surface area (Å²) in [6, 6.07) is 13.0. The van der Waals surface area contributed by atoms with E-state index >= 15 is 0 Å². The number of hydrogen-bond donors (Lipinski definition) is 2. The summed E-state index contributed by atoms with van der Waals surface area (Å²) in [6.45, 7) is 1.42. The Hall–Kier alpha value is -4.70. The summed E-state index contributed by atoms with van der Waals surface area (Å²) in [5.41, 5.74) is 1.74. The Morgan fingerprint density at radius 3 is 2.46 bits per heavy atom. The third-order valence-corrected chi connectivity index (χ3v) is 7.18. The third-order valence-electron chi connectivity index (χ3n) is 6.94. The number of ether oxygens (including phenoxy) is 1. The molecular formula is C30H27ClN4O6. The van der Waals surface area contributed by atoms with Gasteiger partial charge in [0.05, 0.1) is 30.6 Å². The zero-order valence-corrected chi connectivity index (χ0v) is 23.1. The Kier molecular flexibility index (Phi) is 7.76. The minimum Gasteiger partial charge on any atom is -0.495 e. The summed E-state index contributed by atoms with van der Waals surface area (Å²) in [7, 11) is 1.43. The Morgan fingerprint density at radius 2 is 1.83 bits per heavy atom. The Bertz CT molecular complexity index is 1700. The SMILES string of the molecule is COc1cn(C(Cc2ccn(C3CC3)n2)C(=O)Nc2ccc(C(=O)O)cc2)c(=O)cc1-c1cc(Cl)ccc1C(C)=O. The second-order valence-corrected chi connectivity index (χ2v) is 10.3. The van der Waals surface area contributed by atoms with Crippen LogP contribution in [0.4, 0.5) is 5.69 Å². The zero-order chi connectivity index (χ0) is 29.3. The van der Waals surface area contributed by atoms with Crippen LogP contribution in [-0.4, -0.2) is 44.2 Å². The highest BCUT2D eigenvalue weighted by Crippen LogP contribution is 2.35. The first-order chi connectivity index (χ1) is 19.6. The molecule has 1 atom stereocenters. The third kappa shape index (κ3) is 6.07. The predicted octanol–water partition coefficient (Wildman–Crippen LogP) is 5.03. The number of rotatable bonds is 10. The molecule has 4 aromatic rings. The van der Waals surface area contributed by atoms with Crippen molar-refractivity contribution >= 4 is 34.9 Å². The lowest BCUT2D eigenvalue weighted by atomic mass is 9.97. The van der Waals surface area contributed by atoms with Crippen LogP contribution < -0.4 is 15.6 Å². The minimum atomic E-state index is -1.08. The van der Waals surface area contributed by atoms with Crippen molar-refractivity contribution in [2.75, 3.05) is 12.4 Å². The van der Waals surface area contributed by atoms with Crippen LogP contribution >= 0.6 is 11.6 Å². The maximum absolute atomic E-state index is 13.7. The quantitative estimate of drug-likeness (QED) is 0.254. The molecule has 2 aromatic carbocycles. The van der Waals surface area contributed by atoms with E-state index in [1.54, 1.807) is 18.2 Å². The molecule has 1 aliphatic rings.